The van der Waals surface area contributed by atoms with Crippen LogP contribution >= 0.6 is 0 Å². The van der Waals surface area contributed by atoms with Crippen LogP contribution < -0.4 is 0 Å². The van der Waals surface area contributed by atoms with Crippen molar-refractivity contribution in [2.75, 3.05) is 0 Å². The van der Waals surface area contributed by atoms with Crippen LogP contribution in [0.4, 0.5) is 0 Å². The molecule has 1 aromatic rings. The summed E-state index contributed by atoms with van der Waals surface area (Å²) in [7, 11) is 0. The summed E-state index contributed by atoms with van der Waals surface area (Å²) in [5.74, 6) is 0.857. The quantitative estimate of drug-likeness (QED) is 0.672. The average Bonchev–Trinajstić information content (AvgIpc) is 2.71. The van der Waals surface area contributed by atoms with E-state index in [2.05, 4.69) is 9.97 Å². The third kappa shape index (κ3) is 1.81. The molecule has 1 aliphatic carbocycles. The van der Waals surface area contributed by atoms with E-state index in [1.165, 1.54) is 32.6 Å². The molecule has 0 aromatic carbocycles. The molecule has 2 rings (SSSR count). The van der Waals surface area contributed by atoms with Gasteiger partial charge >= 0.3 is 0 Å². The molecule has 14 heavy (non-hydrogen) atoms. The molecule has 1 aromatic heterocycles. The van der Waals surface area contributed by atoms with E-state index in [-0.39, 0.29) is 5.78 Å². The molecule has 1 aliphatic rings. The normalized spacial score (nSPS) is 17.2. The van der Waals surface area contributed by atoms with E-state index in [1.54, 1.807) is 6.20 Å². The first-order valence-electron chi connectivity index (χ1n) is 5.11. The van der Waals surface area contributed by atoms with Crippen LogP contribution in [0, 0.1) is 0 Å². The summed E-state index contributed by atoms with van der Waals surface area (Å²) < 4.78 is 0. The van der Waals surface area contributed by atoms with Crippen molar-refractivity contribution in [3.63, 3.8) is 0 Å². The van der Waals surface area contributed by atoms with Crippen molar-refractivity contribution in [2.24, 2.45) is 0 Å². The summed E-state index contributed by atoms with van der Waals surface area (Å²) in [4.78, 5) is 19.3. The second kappa shape index (κ2) is 3.86. The second-order valence-electron chi connectivity index (χ2n) is 3.84. The summed E-state index contributed by atoms with van der Waals surface area (Å²) >= 11 is 0. The lowest BCUT2D eigenvalue weighted by Gasteiger charge is -2.07. The van der Waals surface area contributed by atoms with Crippen LogP contribution in [0.15, 0.2) is 12.3 Å². The van der Waals surface area contributed by atoms with Crippen LogP contribution in [0.3, 0.4) is 0 Å². The van der Waals surface area contributed by atoms with E-state index in [0.717, 1.165) is 5.69 Å². The lowest BCUT2D eigenvalue weighted by atomic mass is 10.0. The molecule has 0 bridgehead atoms. The predicted octanol–water partition coefficient (Wildman–Crippen LogP) is 2.34. The molecule has 0 amide bonds. The molecule has 0 saturated heterocycles. The first-order valence-corrected chi connectivity index (χ1v) is 5.11. The van der Waals surface area contributed by atoms with Crippen molar-refractivity contribution in [3.8, 4) is 0 Å². The van der Waals surface area contributed by atoms with Gasteiger partial charge in [0.05, 0.1) is 0 Å². The SMILES string of the molecule is CC(=O)c1nccc(C2CCCC2)n1. The van der Waals surface area contributed by atoms with Gasteiger partial charge in [-0.3, -0.25) is 4.79 Å². The molecular formula is C11H14N2O. The van der Waals surface area contributed by atoms with Crippen molar-refractivity contribution >= 4 is 5.78 Å². The molecule has 0 radical (unpaired) electrons. The number of Topliss-reactive ketones (excluding diaryl/α,β-unsaturated/α-hetero) is 1. The third-order valence-corrected chi connectivity index (χ3v) is 2.77. The van der Waals surface area contributed by atoms with Gasteiger partial charge in [-0.25, -0.2) is 9.97 Å². The van der Waals surface area contributed by atoms with Crippen molar-refractivity contribution in [2.45, 2.75) is 38.5 Å². The van der Waals surface area contributed by atoms with Crippen molar-refractivity contribution < 1.29 is 4.79 Å². The van der Waals surface area contributed by atoms with E-state index in [1.807, 2.05) is 6.07 Å². The Morgan fingerprint density at radius 1 is 1.43 bits per heavy atom. The van der Waals surface area contributed by atoms with Crippen LogP contribution in [0.1, 0.15) is 54.8 Å². The van der Waals surface area contributed by atoms with Gasteiger partial charge in [-0.2, -0.15) is 0 Å². The number of aromatic nitrogens is 2. The molecule has 0 atom stereocenters. The maximum atomic E-state index is 11.1. The number of ketones is 1. The van der Waals surface area contributed by atoms with Crippen molar-refractivity contribution in [1.82, 2.24) is 9.97 Å². The van der Waals surface area contributed by atoms with E-state index < -0.39 is 0 Å². The monoisotopic (exact) mass is 190 g/mol. The van der Waals surface area contributed by atoms with E-state index in [0.29, 0.717) is 11.7 Å². The molecule has 0 aliphatic heterocycles. The molecule has 0 N–H and O–H groups in total. The first kappa shape index (κ1) is 9.31. The number of rotatable bonds is 2. The van der Waals surface area contributed by atoms with Crippen LogP contribution in [0.2, 0.25) is 0 Å². The highest BCUT2D eigenvalue weighted by Crippen LogP contribution is 2.32. The first-order chi connectivity index (χ1) is 6.77. The van der Waals surface area contributed by atoms with Gasteiger partial charge in [-0.1, -0.05) is 12.8 Å². The Labute approximate surface area is 83.6 Å². The fourth-order valence-electron chi connectivity index (χ4n) is 1.99. The lowest BCUT2D eigenvalue weighted by molar-refractivity contribution is 0.100. The highest BCUT2D eigenvalue weighted by Gasteiger charge is 2.19. The Hall–Kier alpha value is -1.25. The molecule has 1 heterocycles. The number of carbonyl (C=O) groups is 1. The fourth-order valence-corrected chi connectivity index (χ4v) is 1.99. The van der Waals surface area contributed by atoms with E-state index in [4.69, 9.17) is 0 Å². The summed E-state index contributed by atoms with van der Waals surface area (Å²) in [6.45, 7) is 1.51. The molecule has 1 saturated carbocycles. The highest BCUT2D eigenvalue weighted by molar-refractivity contribution is 5.90. The minimum absolute atomic E-state index is 0.0511. The van der Waals surface area contributed by atoms with Gasteiger partial charge in [0.2, 0.25) is 0 Å². The maximum Gasteiger partial charge on any atom is 0.196 e. The molecule has 0 unspecified atom stereocenters. The van der Waals surface area contributed by atoms with Crippen molar-refractivity contribution in [1.29, 1.82) is 0 Å². The van der Waals surface area contributed by atoms with E-state index >= 15 is 0 Å². The van der Waals surface area contributed by atoms with Gasteiger partial charge in [-0.05, 0) is 18.9 Å². The van der Waals surface area contributed by atoms with Crippen LogP contribution in [-0.2, 0) is 0 Å². The smallest absolute Gasteiger partial charge is 0.196 e. The van der Waals surface area contributed by atoms with Gasteiger partial charge in [-0.15, -0.1) is 0 Å². The third-order valence-electron chi connectivity index (χ3n) is 2.77. The molecular weight excluding hydrogens is 176 g/mol. The number of carbonyl (C=O) groups excluding carboxylic acids is 1. The Bertz CT molecular complexity index is 343. The summed E-state index contributed by atoms with van der Waals surface area (Å²) in [6.07, 6.45) is 6.66. The molecule has 1 fully saturated rings. The largest absolute Gasteiger partial charge is 0.291 e. The number of hydrogen-bond donors (Lipinski definition) is 0. The number of nitrogens with zero attached hydrogens (tertiary/aromatic N) is 2. The van der Waals surface area contributed by atoms with Gasteiger partial charge in [0.25, 0.3) is 0 Å². The summed E-state index contributed by atoms with van der Waals surface area (Å²) in [6, 6.07) is 1.93. The van der Waals surface area contributed by atoms with Gasteiger partial charge < -0.3 is 0 Å². The molecule has 0 spiro atoms. The van der Waals surface area contributed by atoms with Crippen LogP contribution in [0.5, 0.6) is 0 Å². The molecule has 3 heteroatoms. The van der Waals surface area contributed by atoms with Crippen LogP contribution in [-0.4, -0.2) is 15.8 Å². The Morgan fingerprint density at radius 2 is 2.14 bits per heavy atom. The highest BCUT2D eigenvalue weighted by atomic mass is 16.1. The van der Waals surface area contributed by atoms with Gasteiger partial charge in [0, 0.05) is 24.7 Å². The Kier molecular flexibility index (Phi) is 2.57. The Morgan fingerprint density at radius 3 is 2.79 bits per heavy atom. The molecule has 74 valence electrons. The standard InChI is InChI=1S/C11H14N2O/c1-8(14)11-12-7-6-10(13-11)9-4-2-3-5-9/h6-7,9H,2-5H2,1H3. The zero-order chi connectivity index (χ0) is 9.97. The van der Waals surface area contributed by atoms with Crippen molar-refractivity contribution in [3.05, 3.63) is 23.8 Å². The molecule has 3 nitrogen and oxygen atoms in total. The minimum atomic E-state index is -0.0511. The predicted molar refractivity (Wildman–Crippen MR) is 53.2 cm³/mol. The zero-order valence-electron chi connectivity index (χ0n) is 8.36. The van der Waals surface area contributed by atoms with Gasteiger partial charge in [0.15, 0.2) is 11.6 Å². The lowest BCUT2D eigenvalue weighted by Crippen LogP contribution is -2.05. The van der Waals surface area contributed by atoms with Crippen LogP contribution in [0.25, 0.3) is 0 Å². The minimum Gasteiger partial charge on any atom is -0.291 e. The second-order valence-corrected chi connectivity index (χ2v) is 3.84. The van der Waals surface area contributed by atoms with E-state index in [9.17, 15) is 4.79 Å². The fraction of sp³-hybridized carbons (Fsp3) is 0.545. The average molecular weight is 190 g/mol. The summed E-state index contributed by atoms with van der Waals surface area (Å²) in [5, 5.41) is 0. The zero-order valence-corrected chi connectivity index (χ0v) is 8.36. The topological polar surface area (TPSA) is 42.9 Å². The number of hydrogen-bond acceptors (Lipinski definition) is 3. The summed E-state index contributed by atoms with van der Waals surface area (Å²) in [5.41, 5.74) is 1.04. The van der Waals surface area contributed by atoms with Gasteiger partial charge in [0.1, 0.15) is 0 Å². The Balaban J connectivity index is 2.25. The maximum absolute atomic E-state index is 11.1.